The normalized spacial score (nSPS) is 20.3. The molecule has 1 fully saturated rings. The van der Waals surface area contributed by atoms with E-state index >= 15 is 0 Å². The van der Waals surface area contributed by atoms with Crippen LogP contribution >= 0.6 is 11.5 Å². The molecule has 1 aliphatic heterocycles. The second-order valence-electron chi connectivity index (χ2n) is 5.24. The van der Waals surface area contributed by atoms with E-state index in [-0.39, 0.29) is 0 Å². The molecule has 1 aliphatic rings. The molecule has 18 heavy (non-hydrogen) atoms. The van der Waals surface area contributed by atoms with Crippen LogP contribution in [0.5, 0.6) is 0 Å². The summed E-state index contributed by atoms with van der Waals surface area (Å²) in [5, 5.41) is 4.69. The minimum absolute atomic E-state index is 0.478. The Morgan fingerprint density at radius 2 is 2.28 bits per heavy atom. The summed E-state index contributed by atoms with van der Waals surface area (Å²) in [5.41, 5.74) is 0. The van der Waals surface area contributed by atoms with E-state index < -0.39 is 0 Å². The lowest BCUT2D eigenvalue weighted by Crippen LogP contribution is -2.46. The largest absolute Gasteiger partial charge is 0.343 e. The molecule has 0 bridgehead atoms. The van der Waals surface area contributed by atoms with Crippen LogP contribution in [0.3, 0.4) is 0 Å². The summed E-state index contributed by atoms with van der Waals surface area (Å²) < 4.78 is 4.40. The fourth-order valence-electron chi connectivity index (χ4n) is 2.33. The molecule has 1 saturated heterocycles. The number of anilines is 1. The van der Waals surface area contributed by atoms with Gasteiger partial charge in [0.2, 0.25) is 5.13 Å². The van der Waals surface area contributed by atoms with Crippen molar-refractivity contribution in [2.75, 3.05) is 18.0 Å². The van der Waals surface area contributed by atoms with E-state index in [1.165, 1.54) is 30.8 Å². The van der Waals surface area contributed by atoms with Crippen LogP contribution in [0.2, 0.25) is 0 Å². The van der Waals surface area contributed by atoms with Gasteiger partial charge in [0.1, 0.15) is 5.82 Å². The van der Waals surface area contributed by atoms with Crippen molar-refractivity contribution < 1.29 is 0 Å². The van der Waals surface area contributed by atoms with Gasteiger partial charge in [-0.3, -0.25) is 0 Å². The molecule has 0 amide bonds. The van der Waals surface area contributed by atoms with E-state index in [1.807, 2.05) is 0 Å². The standard InChI is InChI=1S/C13H24N4S/c1-4-12-15-13(18-16-12)17(10(2)3)9-11-7-5-6-8-14-11/h10-11,14H,4-9H2,1-3H3. The van der Waals surface area contributed by atoms with Crippen molar-refractivity contribution in [1.82, 2.24) is 14.7 Å². The zero-order valence-corrected chi connectivity index (χ0v) is 12.5. The lowest BCUT2D eigenvalue weighted by atomic mass is 10.0. The molecule has 2 rings (SSSR count). The molecule has 0 aliphatic carbocycles. The molecular weight excluding hydrogens is 244 g/mol. The first-order valence-corrected chi connectivity index (χ1v) is 7.80. The Labute approximate surface area is 114 Å². The van der Waals surface area contributed by atoms with Crippen LogP contribution in [0.15, 0.2) is 0 Å². The van der Waals surface area contributed by atoms with Gasteiger partial charge in [-0.1, -0.05) is 13.3 Å². The highest BCUT2D eigenvalue weighted by Gasteiger charge is 2.21. The van der Waals surface area contributed by atoms with E-state index in [2.05, 4.69) is 40.3 Å². The van der Waals surface area contributed by atoms with Gasteiger partial charge in [0.25, 0.3) is 0 Å². The Morgan fingerprint density at radius 1 is 1.44 bits per heavy atom. The predicted octanol–water partition coefficient (Wildman–Crippen LogP) is 2.46. The first kappa shape index (κ1) is 13.7. The van der Waals surface area contributed by atoms with Crippen molar-refractivity contribution >= 4 is 16.7 Å². The minimum atomic E-state index is 0.478. The highest BCUT2D eigenvalue weighted by molar-refractivity contribution is 7.09. The summed E-state index contributed by atoms with van der Waals surface area (Å²) in [4.78, 5) is 7.01. The van der Waals surface area contributed by atoms with Crippen LogP contribution in [-0.2, 0) is 6.42 Å². The van der Waals surface area contributed by atoms with Crippen LogP contribution < -0.4 is 10.2 Å². The zero-order valence-electron chi connectivity index (χ0n) is 11.6. The Hall–Kier alpha value is -0.680. The highest BCUT2D eigenvalue weighted by Crippen LogP contribution is 2.21. The van der Waals surface area contributed by atoms with Crippen molar-refractivity contribution in [3.63, 3.8) is 0 Å². The third-order valence-corrected chi connectivity index (χ3v) is 4.26. The molecule has 5 heteroatoms. The molecule has 2 heterocycles. The maximum atomic E-state index is 4.62. The molecule has 0 saturated carbocycles. The molecule has 1 N–H and O–H groups in total. The van der Waals surface area contributed by atoms with Crippen molar-refractivity contribution in [1.29, 1.82) is 0 Å². The summed E-state index contributed by atoms with van der Waals surface area (Å²) in [7, 11) is 0. The van der Waals surface area contributed by atoms with Gasteiger partial charge in [-0.15, -0.1) is 0 Å². The molecule has 102 valence electrons. The average Bonchev–Trinajstić information content (AvgIpc) is 2.85. The number of rotatable bonds is 5. The van der Waals surface area contributed by atoms with Gasteiger partial charge in [-0.25, -0.2) is 4.98 Å². The molecule has 0 radical (unpaired) electrons. The lowest BCUT2D eigenvalue weighted by molar-refractivity contribution is 0.393. The number of hydrogen-bond acceptors (Lipinski definition) is 5. The molecule has 1 atom stereocenters. The summed E-state index contributed by atoms with van der Waals surface area (Å²) in [6.45, 7) is 8.78. The maximum Gasteiger partial charge on any atom is 0.205 e. The van der Waals surface area contributed by atoms with Gasteiger partial charge in [0, 0.05) is 36.6 Å². The lowest BCUT2D eigenvalue weighted by Gasteiger charge is -2.32. The predicted molar refractivity (Wildman–Crippen MR) is 77.4 cm³/mol. The first-order valence-electron chi connectivity index (χ1n) is 7.03. The number of hydrogen-bond donors (Lipinski definition) is 1. The van der Waals surface area contributed by atoms with Crippen molar-refractivity contribution in [2.24, 2.45) is 0 Å². The fraction of sp³-hybridized carbons (Fsp3) is 0.846. The Balaban J connectivity index is 2.02. The Kier molecular flexibility index (Phi) is 4.95. The third kappa shape index (κ3) is 3.42. The van der Waals surface area contributed by atoms with Crippen molar-refractivity contribution in [3.8, 4) is 0 Å². The molecule has 0 spiro atoms. The number of nitrogens with zero attached hydrogens (tertiary/aromatic N) is 3. The SMILES string of the molecule is CCc1nsc(N(CC2CCCCN2)C(C)C)n1. The molecule has 4 nitrogen and oxygen atoms in total. The van der Waals surface area contributed by atoms with Crippen LogP contribution in [0.1, 0.15) is 45.9 Å². The van der Waals surface area contributed by atoms with Crippen LogP contribution in [0.4, 0.5) is 5.13 Å². The highest BCUT2D eigenvalue weighted by atomic mass is 32.1. The summed E-state index contributed by atoms with van der Waals surface area (Å²) in [6.07, 6.45) is 4.86. The molecule has 1 aromatic rings. The minimum Gasteiger partial charge on any atom is -0.343 e. The maximum absolute atomic E-state index is 4.62. The van der Waals surface area contributed by atoms with E-state index in [0.29, 0.717) is 12.1 Å². The van der Waals surface area contributed by atoms with Gasteiger partial charge in [-0.05, 0) is 33.2 Å². The van der Waals surface area contributed by atoms with Crippen molar-refractivity contribution in [3.05, 3.63) is 5.82 Å². The third-order valence-electron chi connectivity index (χ3n) is 3.47. The summed E-state index contributed by atoms with van der Waals surface area (Å²) >= 11 is 1.54. The molecular formula is C13H24N4S. The summed E-state index contributed by atoms with van der Waals surface area (Å²) in [6, 6.07) is 1.08. The smallest absolute Gasteiger partial charge is 0.205 e. The van der Waals surface area contributed by atoms with Gasteiger partial charge in [0.05, 0.1) is 0 Å². The van der Waals surface area contributed by atoms with Crippen LogP contribution in [-0.4, -0.2) is 34.5 Å². The molecule has 1 unspecified atom stereocenters. The number of nitrogens with one attached hydrogen (secondary N) is 1. The van der Waals surface area contributed by atoms with Gasteiger partial charge in [-0.2, -0.15) is 4.37 Å². The average molecular weight is 268 g/mol. The van der Waals surface area contributed by atoms with Gasteiger partial charge < -0.3 is 10.2 Å². The van der Waals surface area contributed by atoms with Gasteiger partial charge >= 0.3 is 0 Å². The van der Waals surface area contributed by atoms with Crippen LogP contribution in [0.25, 0.3) is 0 Å². The Bertz CT molecular complexity index is 358. The number of piperidine rings is 1. The topological polar surface area (TPSA) is 41.1 Å². The number of aryl methyl sites for hydroxylation is 1. The van der Waals surface area contributed by atoms with E-state index in [0.717, 1.165) is 30.5 Å². The van der Waals surface area contributed by atoms with Crippen molar-refractivity contribution in [2.45, 2.75) is 58.5 Å². The quantitative estimate of drug-likeness (QED) is 0.890. The van der Waals surface area contributed by atoms with E-state index in [4.69, 9.17) is 0 Å². The van der Waals surface area contributed by atoms with Crippen LogP contribution in [0, 0.1) is 0 Å². The molecule has 1 aromatic heterocycles. The monoisotopic (exact) mass is 268 g/mol. The molecule has 0 aromatic carbocycles. The Morgan fingerprint density at radius 3 is 2.83 bits per heavy atom. The second kappa shape index (κ2) is 6.48. The zero-order chi connectivity index (χ0) is 13.0. The fourth-order valence-corrected chi connectivity index (χ4v) is 3.23. The first-order chi connectivity index (χ1) is 8.70. The van der Waals surface area contributed by atoms with Gasteiger partial charge in [0.15, 0.2) is 0 Å². The number of aromatic nitrogens is 2. The second-order valence-corrected chi connectivity index (χ2v) is 5.97. The summed E-state index contributed by atoms with van der Waals surface area (Å²) in [5.74, 6) is 0.970. The van der Waals surface area contributed by atoms with E-state index in [9.17, 15) is 0 Å². The van der Waals surface area contributed by atoms with E-state index in [1.54, 1.807) is 0 Å².